The van der Waals surface area contributed by atoms with Crippen molar-refractivity contribution in [1.29, 1.82) is 0 Å². The molecule has 3 rings (SSSR count). The number of thiazole rings is 1. The molecule has 0 bridgehead atoms. The van der Waals surface area contributed by atoms with Crippen LogP contribution in [0, 0.1) is 5.41 Å². The Bertz CT molecular complexity index is 612. The molecule has 2 heterocycles. The molecule has 1 fully saturated rings. The summed E-state index contributed by atoms with van der Waals surface area (Å²) in [4.78, 5) is 4.77. The minimum Gasteiger partial charge on any atom is -0.371 e. The van der Waals surface area contributed by atoms with Gasteiger partial charge in [0.05, 0.1) is 5.69 Å². The van der Waals surface area contributed by atoms with Crippen LogP contribution in [-0.4, -0.2) is 11.6 Å². The Kier molecular flexibility index (Phi) is 5.14. The molecule has 1 aromatic carbocycles. The lowest BCUT2D eigenvalue weighted by Crippen LogP contribution is -2.32. The number of rotatable bonds is 5. The van der Waals surface area contributed by atoms with E-state index in [1.54, 1.807) is 11.3 Å². The first-order valence-corrected chi connectivity index (χ1v) is 9.26. The van der Waals surface area contributed by atoms with E-state index < -0.39 is 0 Å². The van der Waals surface area contributed by atoms with E-state index in [1.165, 1.54) is 5.56 Å². The van der Waals surface area contributed by atoms with Crippen molar-refractivity contribution in [3.8, 4) is 0 Å². The van der Waals surface area contributed by atoms with Crippen LogP contribution in [0.3, 0.4) is 0 Å². The Morgan fingerprint density at radius 2 is 2.09 bits per heavy atom. The molecule has 0 amide bonds. The summed E-state index contributed by atoms with van der Waals surface area (Å²) in [7, 11) is 0. The maximum Gasteiger partial charge on any atom is 0.122 e. The van der Waals surface area contributed by atoms with Gasteiger partial charge in [-0.3, -0.25) is 0 Å². The Morgan fingerprint density at radius 3 is 2.74 bits per heavy atom. The third kappa shape index (κ3) is 4.19. The molecule has 0 unspecified atom stereocenters. The summed E-state index contributed by atoms with van der Waals surface area (Å²) in [5.41, 5.74) is 2.59. The molecule has 2 aromatic rings. The molecule has 1 saturated heterocycles. The van der Waals surface area contributed by atoms with Gasteiger partial charge in [-0.25, -0.2) is 4.98 Å². The van der Waals surface area contributed by atoms with Crippen molar-refractivity contribution < 1.29 is 4.74 Å². The van der Waals surface area contributed by atoms with Gasteiger partial charge in [-0.15, -0.1) is 11.3 Å². The molecule has 23 heavy (non-hydrogen) atoms. The van der Waals surface area contributed by atoms with Crippen LogP contribution in [0.15, 0.2) is 35.7 Å². The van der Waals surface area contributed by atoms with Crippen molar-refractivity contribution in [2.45, 2.75) is 52.3 Å². The van der Waals surface area contributed by atoms with Crippen LogP contribution >= 0.6 is 11.3 Å². The molecule has 1 aromatic heterocycles. The zero-order valence-corrected chi connectivity index (χ0v) is 15.0. The van der Waals surface area contributed by atoms with Gasteiger partial charge in [0.25, 0.3) is 0 Å². The van der Waals surface area contributed by atoms with Crippen LogP contribution in [0.2, 0.25) is 0 Å². The number of nitrogens with one attached hydrogen (secondary N) is 1. The summed E-state index contributed by atoms with van der Waals surface area (Å²) >= 11 is 1.73. The summed E-state index contributed by atoms with van der Waals surface area (Å²) in [6, 6.07) is 11.0. The molecule has 0 spiro atoms. The van der Waals surface area contributed by atoms with Gasteiger partial charge < -0.3 is 10.1 Å². The van der Waals surface area contributed by atoms with E-state index >= 15 is 0 Å². The maximum absolute atomic E-state index is 5.73. The molecule has 0 radical (unpaired) electrons. The van der Waals surface area contributed by atoms with Crippen LogP contribution in [0.25, 0.3) is 0 Å². The molecule has 1 N–H and O–H groups in total. The number of aromatic nitrogens is 1. The second-order valence-electron chi connectivity index (χ2n) is 7.27. The number of ether oxygens (including phenoxy) is 1. The summed E-state index contributed by atoms with van der Waals surface area (Å²) in [6.07, 6.45) is 2.48. The highest BCUT2D eigenvalue weighted by Crippen LogP contribution is 2.34. The van der Waals surface area contributed by atoms with Crippen molar-refractivity contribution in [3.05, 3.63) is 52.0 Å². The molecule has 1 aliphatic heterocycles. The molecule has 0 saturated carbocycles. The topological polar surface area (TPSA) is 34.1 Å². The molecule has 2 atom stereocenters. The van der Waals surface area contributed by atoms with Crippen LogP contribution in [0.1, 0.15) is 62.0 Å². The second kappa shape index (κ2) is 7.12. The predicted molar refractivity (Wildman–Crippen MR) is 95.5 cm³/mol. The normalized spacial score (nSPS) is 19.9. The summed E-state index contributed by atoms with van der Waals surface area (Å²) in [6.45, 7) is 8.49. The highest BCUT2D eigenvalue weighted by Gasteiger charge is 2.26. The van der Waals surface area contributed by atoms with Crippen LogP contribution in [-0.2, 0) is 11.3 Å². The van der Waals surface area contributed by atoms with Gasteiger partial charge in [0, 0.05) is 24.6 Å². The maximum atomic E-state index is 5.73. The van der Waals surface area contributed by atoms with Crippen molar-refractivity contribution >= 4 is 11.3 Å². The molecule has 3 nitrogen and oxygen atoms in total. The van der Waals surface area contributed by atoms with Gasteiger partial charge in [0.15, 0.2) is 0 Å². The largest absolute Gasteiger partial charge is 0.371 e. The fraction of sp³-hybridized carbons (Fsp3) is 0.526. The lowest BCUT2D eigenvalue weighted by atomic mass is 9.82. The fourth-order valence-electron chi connectivity index (χ4n) is 3.10. The Balaban J connectivity index is 1.67. The van der Waals surface area contributed by atoms with E-state index in [4.69, 9.17) is 9.72 Å². The monoisotopic (exact) mass is 330 g/mol. The standard InChI is InChI=1S/C19H26N2OS/c1-19(2,3)17(14-8-5-4-6-9-14)20-12-15-13-23-18(21-15)16-10-7-11-22-16/h4-6,8-9,13,16-17,20H,7,10-12H2,1-3H3/t16-,17-/m0/s1. The first-order valence-electron chi connectivity index (χ1n) is 8.38. The summed E-state index contributed by atoms with van der Waals surface area (Å²) in [5.74, 6) is 0. The minimum atomic E-state index is 0.148. The fourth-order valence-corrected chi connectivity index (χ4v) is 4.00. The van der Waals surface area contributed by atoms with Gasteiger partial charge in [-0.1, -0.05) is 51.1 Å². The smallest absolute Gasteiger partial charge is 0.122 e. The van der Waals surface area contributed by atoms with Gasteiger partial charge in [-0.2, -0.15) is 0 Å². The predicted octanol–water partition coefficient (Wildman–Crippen LogP) is 4.87. The van der Waals surface area contributed by atoms with Crippen molar-refractivity contribution in [1.82, 2.24) is 10.3 Å². The van der Waals surface area contributed by atoms with E-state index in [0.29, 0.717) is 6.04 Å². The van der Waals surface area contributed by atoms with Crippen molar-refractivity contribution in [2.24, 2.45) is 5.41 Å². The SMILES string of the molecule is CC(C)(C)[C@@H](NCc1csc([C@@H]2CCCO2)n1)c1ccccc1. The summed E-state index contributed by atoms with van der Waals surface area (Å²) in [5, 5.41) is 6.99. The number of benzene rings is 1. The number of hydrogen-bond acceptors (Lipinski definition) is 4. The number of nitrogens with zero attached hydrogens (tertiary/aromatic N) is 1. The van der Waals surface area contributed by atoms with Gasteiger partial charge in [0.2, 0.25) is 0 Å². The number of hydrogen-bond donors (Lipinski definition) is 1. The molecule has 4 heteroatoms. The first kappa shape index (κ1) is 16.6. The minimum absolute atomic E-state index is 0.148. The molecule has 124 valence electrons. The van der Waals surface area contributed by atoms with E-state index in [2.05, 4.69) is 61.8 Å². The van der Waals surface area contributed by atoms with Gasteiger partial charge in [-0.05, 0) is 23.8 Å². The van der Waals surface area contributed by atoms with Crippen molar-refractivity contribution in [3.63, 3.8) is 0 Å². The molecular formula is C19H26N2OS. The van der Waals surface area contributed by atoms with E-state index in [1.807, 2.05) is 0 Å². The van der Waals surface area contributed by atoms with Crippen LogP contribution in [0.5, 0.6) is 0 Å². The average molecular weight is 330 g/mol. The Morgan fingerprint density at radius 1 is 1.30 bits per heavy atom. The third-order valence-electron chi connectivity index (χ3n) is 4.26. The lowest BCUT2D eigenvalue weighted by Gasteiger charge is -2.32. The third-order valence-corrected chi connectivity index (χ3v) is 5.25. The van der Waals surface area contributed by atoms with E-state index in [0.717, 1.165) is 36.7 Å². The van der Waals surface area contributed by atoms with Crippen molar-refractivity contribution in [2.75, 3.05) is 6.61 Å². The van der Waals surface area contributed by atoms with E-state index in [-0.39, 0.29) is 11.5 Å². The zero-order chi connectivity index (χ0) is 16.3. The zero-order valence-electron chi connectivity index (χ0n) is 14.2. The average Bonchev–Trinajstić information content (AvgIpc) is 3.18. The lowest BCUT2D eigenvalue weighted by molar-refractivity contribution is 0.111. The summed E-state index contributed by atoms with van der Waals surface area (Å²) < 4.78 is 5.73. The van der Waals surface area contributed by atoms with E-state index in [9.17, 15) is 0 Å². The first-order chi connectivity index (χ1) is 11.0. The van der Waals surface area contributed by atoms with Crippen LogP contribution in [0.4, 0.5) is 0 Å². The quantitative estimate of drug-likeness (QED) is 0.849. The Hall–Kier alpha value is -1.23. The highest BCUT2D eigenvalue weighted by molar-refractivity contribution is 7.09. The molecule has 1 aliphatic rings. The highest BCUT2D eigenvalue weighted by atomic mass is 32.1. The second-order valence-corrected chi connectivity index (χ2v) is 8.16. The Labute approximate surface area is 143 Å². The molecular weight excluding hydrogens is 304 g/mol. The van der Waals surface area contributed by atoms with Gasteiger partial charge >= 0.3 is 0 Å². The molecule has 0 aliphatic carbocycles. The van der Waals surface area contributed by atoms with Crippen LogP contribution < -0.4 is 5.32 Å². The van der Waals surface area contributed by atoms with Gasteiger partial charge in [0.1, 0.15) is 11.1 Å².